The lowest BCUT2D eigenvalue weighted by molar-refractivity contribution is 0.0500. The van der Waals surface area contributed by atoms with Crippen molar-refractivity contribution < 1.29 is 19.4 Å². The van der Waals surface area contributed by atoms with E-state index in [4.69, 9.17) is 4.74 Å². The molecule has 1 fully saturated rings. The highest BCUT2D eigenvalue weighted by Crippen LogP contribution is 2.33. The molecule has 0 spiro atoms. The minimum absolute atomic E-state index is 0.0897. The van der Waals surface area contributed by atoms with Gasteiger partial charge in [-0.05, 0) is 44.0 Å². The second-order valence-electron chi connectivity index (χ2n) is 6.70. The lowest BCUT2D eigenvalue weighted by atomic mass is 9.93. The Bertz CT molecular complexity index is 837. The average Bonchev–Trinajstić information content (AvgIpc) is 3.07. The Morgan fingerprint density at radius 2 is 1.96 bits per heavy atom. The summed E-state index contributed by atoms with van der Waals surface area (Å²) < 4.78 is 5.55. The highest BCUT2D eigenvalue weighted by atomic mass is 16.5. The van der Waals surface area contributed by atoms with E-state index in [9.17, 15) is 14.7 Å². The van der Waals surface area contributed by atoms with Gasteiger partial charge < -0.3 is 20.1 Å². The number of rotatable bonds is 5. The number of amides is 2. The summed E-state index contributed by atoms with van der Waals surface area (Å²) in [5.41, 5.74) is 0.692. The highest BCUT2D eigenvalue weighted by molar-refractivity contribution is 5.98. The second-order valence-corrected chi connectivity index (χ2v) is 6.70. The molecular formula is C21H24N2O4. The lowest BCUT2D eigenvalue weighted by Gasteiger charge is -2.24. The fourth-order valence-corrected chi connectivity index (χ4v) is 3.27. The van der Waals surface area contributed by atoms with Crippen molar-refractivity contribution in [2.45, 2.75) is 25.9 Å². The Morgan fingerprint density at radius 3 is 2.63 bits per heavy atom. The average molecular weight is 368 g/mol. The van der Waals surface area contributed by atoms with E-state index in [1.54, 1.807) is 23.1 Å². The van der Waals surface area contributed by atoms with E-state index in [-0.39, 0.29) is 18.4 Å². The zero-order chi connectivity index (χ0) is 19.4. The van der Waals surface area contributed by atoms with Crippen molar-refractivity contribution in [2.24, 2.45) is 0 Å². The van der Waals surface area contributed by atoms with Gasteiger partial charge in [0.05, 0.1) is 18.8 Å². The number of β-amino-alcohol motifs (C(OH)–C–C–N with tert-alkyl or cyclic N) is 1. The summed E-state index contributed by atoms with van der Waals surface area (Å²) in [6, 6.07) is 14.0. The molecule has 1 atom stereocenters. The number of urea groups is 1. The highest BCUT2D eigenvalue weighted by Gasteiger charge is 2.39. The minimum Gasteiger partial charge on any atom is -0.492 e. The van der Waals surface area contributed by atoms with E-state index in [0.29, 0.717) is 36.6 Å². The van der Waals surface area contributed by atoms with Crippen LogP contribution < -0.4 is 10.1 Å². The van der Waals surface area contributed by atoms with Gasteiger partial charge in [-0.15, -0.1) is 0 Å². The van der Waals surface area contributed by atoms with E-state index in [1.807, 2.05) is 37.3 Å². The van der Waals surface area contributed by atoms with E-state index in [0.717, 1.165) is 5.56 Å². The summed E-state index contributed by atoms with van der Waals surface area (Å²) in [6.07, 6.45) is 0.468. The number of hydrogen-bond acceptors (Lipinski definition) is 4. The van der Waals surface area contributed by atoms with Gasteiger partial charge in [0.15, 0.2) is 5.78 Å². The number of carbonyl (C=O) groups excluding carboxylic acids is 2. The molecule has 1 aliphatic heterocycles. The third-order valence-electron chi connectivity index (χ3n) is 4.77. The molecule has 0 radical (unpaired) electrons. The van der Waals surface area contributed by atoms with Gasteiger partial charge in [-0.3, -0.25) is 4.79 Å². The molecule has 6 heteroatoms. The van der Waals surface area contributed by atoms with E-state index in [2.05, 4.69) is 5.32 Å². The molecule has 1 saturated heterocycles. The molecule has 27 heavy (non-hydrogen) atoms. The fourth-order valence-electron chi connectivity index (χ4n) is 3.27. The summed E-state index contributed by atoms with van der Waals surface area (Å²) in [5, 5.41) is 13.7. The molecule has 6 nitrogen and oxygen atoms in total. The first-order valence-electron chi connectivity index (χ1n) is 9.04. The Labute approximate surface area is 158 Å². The molecule has 142 valence electrons. The standard InChI is InChI=1S/C21H24N2O4/c1-3-27-19-10-9-16(15(2)24)13-18(19)22-20(25)23-12-11-21(26,14-23)17-7-5-4-6-8-17/h4-10,13,26H,3,11-12,14H2,1-2H3,(H,22,25). The van der Waals surface area contributed by atoms with Crippen molar-refractivity contribution in [1.29, 1.82) is 0 Å². The molecule has 2 amide bonds. The van der Waals surface area contributed by atoms with Gasteiger partial charge in [-0.25, -0.2) is 4.79 Å². The zero-order valence-electron chi connectivity index (χ0n) is 15.6. The molecule has 0 saturated carbocycles. The quantitative estimate of drug-likeness (QED) is 0.793. The summed E-state index contributed by atoms with van der Waals surface area (Å²) in [5.74, 6) is 0.418. The number of hydrogen-bond donors (Lipinski definition) is 2. The molecule has 1 unspecified atom stereocenters. The number of benzene rings is 2. The van der Waals surface area contributed by atoms with Gasteiger partial charge in [0, 0.05) is 12.1 Å². The van der Waals surface area contributed by atoms with Crippen LogP contribution in [0.1, 0.15) is 36.2 Å². The third-order valence-corrected chi connectivity index (χ3v) is 4.77. The number of nitrogens with zero attached hydrogens (tertiary/aromatic N) is 1. The topological polar surface area (TPSA) is 78.9 Å². The Balaban J connectivity index is 1.76. The summed E-state index contributed by atoms with van der Waals surface area (Å²) in [6.45, 7) is 4.42. The molecule has 2 N–H and O–H groups in total. The van der Waals surface area contributed by atoms with E-state index >= 15 is 0 Å². The van der Waals surface area contributed by atoms with Gasteiger partial charge in [0.1, 0.15) is 11.4 Å². The lowest BCUT2D eigenvalue weighted by Crippen LogP contribution is -2.37. The van der Waals surface area contributed by atoms with Gasteiger partial charge in [0.2, 0.25) is 0 Å². The van der Waals surface area contributed by atoms with Crippen molar-refractivity contribution >= 4 is 17.5 Å². The molecule has 0 aliphatic carbocycles. The molecule has 2 aromatic rings. The summed E-state index contributed by atoms with van der Waals surface area (Å²) in [4.78, 5) is 26.0. The van der Waals surface area contributed by atoms with Crippen molar-refractivity contribution in [3.8, 4) is 5.75 Å². The minimum atomic E-state index is -1.05. The first-order chi connectivity index (χ1) is 12.9. The Hall–Kier alpha value is -2.86. The molecular weight excluding hydrogens is 344 g/mol. The molecule has 2 aromatic carbocycles. The SMILES string of the molecule is CCOc1ccc(C(C)=O)cc1NC(=O)N1CCC(O)(c2ccccc2)C1. The van der Waals surface area contributed by atoms with Gasteiger partial charge in [0.25, 0.3) is 0 Å². The van der Waals surface area contributed by atoms with E-state index in [1.165, 1.54) is 6.92 Å². The number of likely N-dealkylation sites (tertiary alicyclic amines) is 1. The number of carbonyl (C=O) groups is 2. The molecule has 1 aliphatic rings. The predicted octanol–water partition coefficient (Wildman–Crippen LogP) is 3.41. The van der Waals surface area contributed by atoms with Crippen LogP contribution in [0.3, 0.4) is 0 Å². The Morgan fingerprint density at radius 1 is 1.22 bits per heavy atom. The van der Waals surface area contributed by atoms with Crippen LogP contribution >= 0.6 is 0 Å². The number of ether oxygens (including phenoxy) is 1. The Kier molecular flexibility index (Phi) is 5.46. The van der Waals surface area contributed by atoms with Crippen LogP contribution in [0.25, 0.3) is 0 Å². The van der Waals surface area contributed by atoms with Gasteiger partial charge in [-0.1, -0.05) is 30.3 Å². The largest absolute Gasteiger partial charge is 0.492 e. The summed E-state index contributed by atoms with van der Waals surface area (Å²) in [7, 11) is 0. The van der Waals surface area contributed by atoms with Gasteiger partial charge >= 0.3 is 6.03 Å². The molecule has 1 heterocycles. The number of Topliss-reactive ketones (excluding diaryl/α,β-unsaturated/α-hetero) is 1. The number of anilines is 1. The van der Waals surface area contributed by atoms with Crippen molar-refractivity contribution in [2.75, 3.05) is 25.0 Å². The maximum atomic E-state index is 12.7. The van der Waals surface area contributed by atoms with Crippen molar-refractivity contribution in [1.82, 2.24) is 4.90 Å². The van der Waals surface area contributed by atoms with Gasteiger partial charge in [-0.2, -0.15) is 0 Å². The second kappa shape index (κ2) is 7.80. The van der Waals surface area contributed by atoms with Crippen LogP contribution in [0, 0.1) is 0 Å². The van der Waals surface area contributed by atoms with Crippen molar-refractivity contribution in [3.05, 3.63) is 59.7 Å². The van der Waals surface area contributed by atoms with E-state index < -0.39 is 5.60 Å². The fraction of sp³-hybridized carbons (Fsp3) is 0.333. The van der Waals surface area contributed by atoms with Crippen LogP contribution in [0.2, 0.25) is 0 Å². The van der Waals surface area contributed by atoms with Crippen LogP contribution in [-0.4, -0.2) is 41.5 Å². The van der Waals surface area contributed by atoms with Crippen molar-refractivity contribution in [3.63, 3.8) is 0 Å². The molecule has 3 rings (SSSR count). The first-order valence-corrected chi connectivity index (χ1v) is 9.04. The molecule has 0 bridgehead atoms. The normalized spacial score (nSPS) is 19.0. The predicted molar refractivity (Wildman–Crippen MR) is 103 cm³/mol. The monoisotopic (exact) mass is 368 g/mol. The van der Waals surface area contributed by atoms with Crippen LogP contribution in [0.4, 0.5) is 10.5 Å². The van der Waals surface area contributed by atoms with Crippen LogP contribution in [0.15, 0.2) is 48.5 Å². The summed E-state index contributed by atoms with van der Waals surface area (Å²) >= 11 is 0. The zero-order valence-corrected chi connectivity index (χ0v) is 15.6. The third kappa shape index (κ3) is 4.11. The number of ketones is 1. The van der Waals surface area contributed by atoms with Crippen LogP contribution in [-0.2, 0) is 5.60 Å². The first kappa shape index (κ1) is 18.9. The smallest absolute Gasteiger partial charge is 0.322 e. The molecule has 0 aromatic heterocycles. The van der Waals surface area contributed by atoms with Crippen LogP contribution in [0.5, 0.6) is 5.75 Å². The maximum Gasteiger partial charge on any atom is 0.322 e. The number of aliphatic hydroxyl groups is 1. The number of nitrogens with one attached hydrogen (secondary N) is 1. The maximum absolute atomic E-state index is 12.7.